The van der Waals surface area contributed by atoms with Crippen LogP contribution in [-0.4, -0.2) is 35.8 Å². The monoisotopic (exact) mass is 306 g/mol. The minimum Gasteiger partial charge on any atom is -0.352 e. The number of aromatic nitrogens is 2. The lowest BCUT2D eigenvalue weighted by molar-refractivity contribution is 0.0953. The fourth-order valence-electron chi connectivity index (χ4n) is 1.94. The van der Waals surface area contributed by atoms with Gasteiger partial charge in [-0.25, -0.2) is 0 Å². The molecular formula is C15H19ClN4O. The van der Waals surface area contributed by atoms with Gasteiger partial charge in [-0.1, -0.05) is 29.8 Å². The number of benzene rings is 1. The molecule has 0 bridgehead atoms. The molecule has 1 aromatic carbocycles. The molecule has 0 saturated carbocycles. The first kappa shape index (κ1) is 15.5. The number of rotatable bonds is 7. The Kier molecular flexibility index (Phi) is 5.78. The van der Waals surface area contributed by atoms with Crippen molar-refractivity contribution in [2.45, 2.75) is 13.0 Å². The van der Waals surface area contributed by atoms with E-state index in [1.807, 2.05) is 31.3 Å². The third-order valence-electron chi connectivity index (χ3n) is 3.07. The van der Waals surface area contributed by atoms with E-state index in [1.165, 1.54) is 0 Å². The van der Waals surface area contributed by atoms with E-state index in [0.717, 1.165) is 18.5 Å². The van der Waals surface area contributed by atoms with Gasteiger partial charge < -0.3 is 10.6 Å². The Morgan fingerprint density at radius 1 is 1.33 bits per heavy atom. The first-order chi connectivity index (χ1) is 10.2. The molecule has 0 atom stereocenters. The summed E-state index contributed by atoms with van der Waals surface area (Å²) < 4.78 is 1.71. The molecule has 0 saturated heterocycles. The predicted molar refractivity (Wildman–Crippen MR) is 83.7 cm³/mol. The average molecular weight is 307 g/mol. The molecule has 2 aromatic rings. The number of hydrogen-bond acceptors (Lipinski definition) is 3. The summed E-state index contributed by atoms with van der Waals surface area (Å²) in [6, 6.07) is 7.61. The average Bonchev–Trinajstić information content (AvgIpc) is 2.94. The molecule has 0 spiro atoms. The van der Waals surface area contributed by atoms with Gasteiger partial charge in [0.15, 0.2) is 0 Å². The molecule has 21 heavy (non-hydrogen) atoms. The number of amides is 1. The lowest BCUT2D eigenvalue weighted by Crippen LogP contribution is -2.26. The molecule has 2 rings (SSSR count). The number of carbonyl (C=O) groups excluding carboxylic acids is 1. The molecule has 1 heterocycles. The molecule has 2 N–H and O–H groups in total. The van der Waals surface area contributed by atoms with Crippen LogP contribution in [0.25, 0.3) is 0 Å². The Balaban J connectivity index is 1.92. The van der Waals surface area contributed by atoms with Crippen molar-refractivity contribution in [3.63, 3.8) is 0 Å². The highest BCUT2D eigenvalue weighted by atomic mass is 35.5. The summed E-state index contributed by atoms with van der Waals surface area (Å²) >= 11 is 6.12. The topological polar surface area (TPSA) is 58.9 Å². The summed E-state index contributed by atoms with van der Waals surface area (Å²) in [5.74, 6) is -0.100. The van der Waals surface area contributed by atoms with E-state index >= 15 is 0 Å². The second-order valence-corrected chi connectivity index (χ2v) is 5.14. The van der Waals surface area contributed by atoms with E-state index in [4.69, 9.17) is 11.6 Å². The SMILES string of the molecule is CNCCCNC(=O)c1cnn(Cc2ccccc2Cl)c1. The number of carbonyl (C=O) groups is 1. The minimum absolute atomic E-state index is 0.100. The molecule has 1 amide bonds. The van der Waals surface area contributed by atoms with Gasteiger partial charge in [0.2, 0.25) is 0 Å². The van der Waals surface area contributed by atoms with Crippen LogP contribution >= 0.6 is 11.6 Å². The summed E-state index contributed by atoms with van der Waals surface area (Å²) in [6.45, 7) is 2.08. The predicted octanol–water partition coefficient (Wildman–Crippen LogP) is 1.92. The van der Waals surface area contributed by atoms with E-state index in [0.29, 0.717) is 23.7 Å². The fraction of sp³-hybridized carbons (Fsp3) is 0.333. The molecule has 0 radical (unpaired) electrons. The standard InChI is InChI=1S/C15H19ClN4O/c1-17-7-4-8-18-15(21)13-9-19-20(11-13)10-12-5-2-3-6-14(12)16/h2-3,5-6,9,11,17H,4,7-8,10H2,1H3,(H,18,21). The zero-order valence-electron chi connectivity index (χ0n) is 12.0. The molecule has 0 unspecified atom stereocenters. The first-order valence-corrected chi connectivity index (χ1v) is 7.27. The Morgan fingerprint density at radius 2 is 2.14 bits per heavy atom. The van der Waals surface area contributed by atoms with Crippen molar-refractivity contribution in [1.29, 1.82) is 0 Å². The Bertz CT molecular complexity index is 597. The summed E-state index contributed by atoms with van der Waals surface area (Å²) in [5.41, 5.74) is 1.54. The second-order valence-electron chi connectivity index (χ2n) is 4.73. The van der Waals surface area contributed by atoms with Crippen molar-refractivity contribution in [3.8, 4) is 0 Å². The molecule has 0 aliphatic rings. The van der Waals surface area contributed by atoms with Crippen molar-refractivity contribution in [2.75, 3.05) is 20.1 Å². The maximum absolute atomic E-state index is 11.9. The van der Waals surface area contributed by atoms with Gasteiger partial charge in [-0.05, 0) is 31.6 Å². The van der Waals surface area contributed by atoms with Gasteiger partial charge in [-0.3, -0.25) is 9.48 Å². The number of hydrogen-bond donors (Lipinski definition) is 2. The highest BCUT2D eigenvalue weighted by Crippen LogP contribution is 2.16. The maximum Gasteiger partial charge on any atom is 0.254 e. The third-order valence-corrected chi connectivity index (χ3v) is 3.44. The number of halogens is 1. The summed E-state index contributed by atoms with van der Waals surface area (Å²) in [7, 11) is 1.89. The molecule has 0 aliphatic carbocycles. The van der Waals surface area contributed by atoms with Crippen LogP contribution in [0.5, 0.6) is 0 Å². The maximum atomic E-state index is 11.9. The van der Waals surface area contributed by atoms with Gasteiger partial charge in [0.05, 0.1) is 18.3 Å². The summed E-state index contributed by atoms with van der Waals surface area (Å²) in [4.78, 5) is 11.9. The van der Waals surface area contributed by atoms with Crippen molar-refractivity contribution in [3.05, 3.63) is 52.8 Å². The van der Waals surface area contributed by atoms with Crippen LogP contribution < -0.4 is 10.6 Å². The van der Waals surface area contributed by atoms with Crippen LogP contribution in [0.3, 0.4) is 0 Å². The fourth-order valence-corrected chi connectivity index (χ4v) is 2.13. The van der Waals surface area contributed by atoms with Gasteiger partial charge in [0.1, 0.15) is 0 Å². The Hall–Kier alpha value is -1.85. The van der Waals surface area contributed by atoms with Crippen LogP contribution in [0.4, 0.5) is 0 Å². The van der Waals surface area contributed by atoms with Crippen molar-refractivity contribution in [1.82, 2.24) is 20.4 Å². The molecule has 1 aromatic heterocycles. The van der Waals surface area contributed by atoms with Gasteiger partial charge in [-0.15, -0.1) is 0 Å². The lowest BCUT2D eigenvalue weighted by atomic mass is 10.2. The van der Waals surface area contributed by atoms with Gasteiger partial charge >= 0.3 is 0 Å². The summed E-state index contributed by atoms with van der Waals surface area (Å²) in [6.07, 6.45) is 4.21. The van der Waals surface area contributed by atoms with Crippen LogP contribution in [-0.2, 0) is 6.54 Å². The van der Waals surface area contributed by atoms with Crippen molar-refractivity contribution >= 4 is 17.5 Å². The normalized spacial score (nSPS) is 10.6. The largest absolute Gasteiger partial charge is 0.352 e. The third kappa shape index (κ3) is 4.58. The van der Waals surface area contributed by atoms with E-state index in [9.17, 15) is 4.79 Å². The van der Waals surface area contributed by atoms with Crippen LogP contribution in [0.15, 0.2) is 36.7 Å². The smallest absolute Gasteiger partial charge is 0.254 e. The molecule has 0 fully saturated rings. The van der Waals surface area contributed by atoms with E-state index in [-0.39, 0.29) is 5.91 Å². The van der Waals surface area contributed by atoms with Crippen LogP contribution in [0.1, 0.15) is 22.3 Å². The molecule has 5 nitrogen and oxygen atoms in total. The highest BCUT2D eigenvalue weighted by Gasteiger charge is 2.08. The minimum atomic E-state index is -0.100. The van der Waals surface area contributed by atoms with E-state index in [2.05, 4.69) is 15.7 Å². The Labute approximate surface area is 129 Å². The zero-order valence-corrected chi connectivity index (χ0v) is 12.7. The summed E-state index contributed by atoms with van der Waals surface area (Å²) in [5, 5.41) is 10.8. The molecule has 0 aliphatic heterocycles. The second kappa shape index (κ2) is 7.81. The quantitative estimate of drug-likeness (QED) is 0.768. The number of nitrogens with zero attached hydrogens (tertiary/aromatic N) is 2. The molecule has 112 valence electrons. The van der Waals surface area contributed by atoms with Crippen LogP contribution in [0.2, 0.25) is 5.02 Å². The van der Waals surface area contributed by atoms with Crippen molar-refractivity contribution in [2.24, 2.45) is 0 Å². The molecule has 6 heteroatoms. The highest BCUT2D eigenvalue weighted by molar-refractivity contribution is 6.31. The van der Waals surface area contributed by atoms with Gasteiger partial charge in [0.25, 0.3) is 5.91 Å². The van der Waals surface area contributed by atoms with Gasteiger partial charge in [-0.2, -0.15) is 5.10 Å². The first-order valence-electron chi connectivity index (χ1n) is 6.89. The number of nitrogens with one attached hydrogen (secondary N) is 2. The molecular weight excluding hydrogens is 288 g/mol. The zero-order chi connectivity index (χ0) is 15.1. The Morgan fingerprint density at radius 3 is 2.90 bits per heavy atom. The van der Waals surface area contributed by atoms with Crippen molar-refractivity contribution < 1.29 is 4.79 Å². The lowest BCUT2D eigenvalue weighted by Gasteiger charge is -2.04. The van der Waals surface area contributed by atoms with Gasteiger partial charge in [0, 0.05) is 17.8 Å². The van der Waals surface area contributed by atoms with Crippen LogP contribution in [0, 0.1) is 0 Å². The van der Waals surface area contributed by atoms with E-state index in [1.54, 1.807) is 17.1 Å². The van der Waals surface area contributed by atoms with E-state index < -0.39 is 0 Å².